The van der Waals surface area contributed by atoms with Crippen molar-refractivity contribution in [3.05, 3.63) is 121 Å². The third kappa shape index (κ3) is 9.97. The predicted octanol–water partition coefficient (Wildman–Crippen LogP) is 5.79. The zero-order chi connectivity index (χ0) is 40.3. The molecule has 1 unspecified atom stereocenters. The first-order chi connectivity index (χ1) is 27.6. The average Bonchev–Trinajstić information content (AvgIpc) is 3.91. The summed E-state index contributed by atoms with van der Waals surface area (Å²) in [5.74, 6) is 0.300. The molecular weight excluding hydrogens is 725 g/mol. The Morgan fingerprint density at radius 2 is 1.35 bits per heavy atom. The van der Waals surface area contributed by atoms with Gasteiger partial charge in [0.1, 0.15) is 30.0 Å². The van der Waals surface area contributed by atoms with E-state index in [4.69, 9.17) is 9.97 Å². The van der Waals surface area contributed by atoms with Gasteiger partial charge in [-0.15, -0.1) is 0 Å². The Hall–Kier alpha value is -7.09. The molecule has 0 aliphatic rings. The number of H-pyrrole nitrogens is 2. The van der Waals surface area contributed by atoms with E-state index in [1.54, 1.807) is 35.4 Å². The molecule has 6 rings (SSSR count). The molecule has 0 saturated carbocycles. The number of Topliss-reactive ketones (excluding diaryl/α,β-unsaturated/α-hetero) is 1. The number of imidazole rings is 2. The van der Waals surface area contributed by atoms with Crippen LogP contribution in [0.2, 0.25) is 0 Å². The second-order valence-electron chi connectivity index (χ2n) is 13.5. The van der Waals surface area contributed by atoms with Crippen molar-refractivity contribution in [1.82, 2.24) is 40.4 Å². The smallest absolute Gasteiger partial charge is 0.407 e. The SMILES string of the molecule is CCCN(Cc1nc(-c2ccc(-c3ccc4cc(-c5c[nH]c(CN(CC(C)=O)C(=O)C(NC=O)c6ccccc6)n5)ccc4c3)cc2)c[nH]1)C(=O)CNC(=O)OC. The fourth-order valence-electron chi connectivity index (χ4n) is 6.54. The van der Waals surface area contributed by atoms with Gasteiger partial charge in [-0.2, -0.15) is 0 Å². The topological polar surface area (TPSA) is 182 Å². The van der Waals surface area contributed by atoms with Crippen molar-refractivity contribution >= 4 is 40.9 Å². The monoisotopic (exact) mass is 768 g/mol. The first-order valence-corrected chi connectivity index (χ1v) is 18.5. The van der Waals surface area contributed by atoms with Crippen LogP contribution in [0.5, 0.6) is 0 Å². The number of hydrogen-bond acceptors (Lipinski definition) is 8. The molecule has 0 saturated heterocycles. The number of aromatic amines is 2. The third-order valence-corrected chi connectivity index (χ3v) is 9.35. The molecule has 4 aromatic carbocycles. The Morgan fingerprint density at radius 3 is 1.96 bits per heavy atom. The maximum absolute atomic E-state index is 13.6. The van der Waals surface area contributed by atoms with Crippen LogP contribution in [0.4, 0.5) is 4.79 Å². The molecular formula is C43H44N8O6. The molecule has 57 heavy (non-hydrogen) atoms. The van der Waals surface area contributed by atoms with E-state index in [-0.39, 0.29) is 37.9 Å². The maximum atomic E-state index is 13.6. The molecule has 14 heteroatoms. The first kappa shape index (κ1) is 39.6. The van der Waals surface area contributed by atoms with Gasteiger partial charge in [-0.1, -0.05) is 85.8 Å². The van der Waals surface area contributed by atoms with Crippen LogP contribution in [-0.2, 0) is 37.0 Å². The van der Waals surface area contributed by atoms with E-state index < -0.39 is 18.0 Å². The highest BCUT2D eigenvalue weighted by atomic mass is 16.5. The fourth-order valence-corrected chi connectivity index (χ4v) is 6.54. The van der Waals surface area contributed by atoms with E-state index in [0.29, 0.717) is 35.9 Å². The summed E-state index contributed by atoms with van der Waals surface area (Å²) < 4.78 is 4.56. The van der Waals surface area contributed by atoms with Crippen LogP contribution in [0, 0.1) is 0 Å². The molecule has 2 aromatic heterocycles. The van der Waals surface area contributed by atoms with Crippen molar-refractivity contribution in [2.45, 2.75) is 39.4 Å². The van der Waals surface area contributed by atoms with Crippen molar-refractivity contribution in [2.24, 2.45) is 0 Å². The highest BCUT2D eigenvalue weighted by Gasteiger charge is 2.27. The number of aromatic nitrogens is 4. The summed E-state index contributed by atoms with van der Waals surface area (Å²) in [6.07, 6.45) is 4.17. The predicted molar refractivity (Wildman–Crippen MR) is 215 cm³/mol. The highest BCUT2D eigenvalue weighted by molar-refractivity contribution is 5.91. The van der Waals surface area contributed by atoms with E-state index in [1.165, 1.54) is 18.9 Å². The molecule has 0 fully saturated rings. The lowest BCUT2D eigenvalue weighted by Gasteiger charge is -2.26. The van der Waals surface area contributed by atoms with Crippen LogP contribution in [0.15, 0.2) is 103 Å². The zero-order valence-electron chi connectivity index (χ0n) is 32.0. The fraction of sp³-hybridized carbons (Fsp3) is 0.233. The summed E-state index contributed by atoms with van der Waals surface area (Å²) in [5.41, 5.74) is 5.95. The highest BCUT2D eigenvalue weighted by Crippen LogP contribution is 2.30. The average molecular weight is 769 g/mol. The lowest BCUT2D eigenvalue weighted by molar-refractivity contribution is -0.138. The number of carbonyl (C=O) groups excluding carboxylic acids is 5. The minimum absolute atomic E-state index is 0.0512. The van der Waals surface area contributed by atoms with E-state index in [1.807, 2.05) is 55.6 Å². The minimum Gasteiger partial charge on any atom is -0.453 e. The number of benzene rings is 4. The van der Waals surface area contributed by atoms with Gasteiger partial charge < -0.3 is 35.1 Å². The van der Waals surface area contributed by atoms with E-state index in [2.05, 4.69) is 49.6 Å². The van der Waals surface area contributed by atoms with Gasteiger partial charge in [0.2, 0.25) is 12.3 Å². The summed E-state index contributed by atoms with van der Waals surface area (Å²) >= 11 is 0. The molecule has 0 aliphatic heterocycles. The van der Waals surface area contributed by atoms with Crippen molar-refractivity contribution in [2.75, 3.05) is 26.7 Å². The van der Waals surface area contributed by atoms with Crippen molar-refractivity contribution in [3.63, 3.8) is 0 Å². The van der Waals surface area contributed by atoms with Crippen LogP contribution < -0.4 is 10.6 Å². The Morgan fingerprint density at radius 1 is 0.772 bits per heavy atom. The standard InChI is InChI=1S/C43H44N8O6/c1-4-18-50(40(54)23-46-43(56)57-3)25-38-44-21-36(48-38)30-12-10-29(11-13-30)32-14-15-34-20-35(17-16-33(34)19-32)37-22-45-39(49-37)26-51(24-28(2)53)42(55)41(47-27-52)31-8-6-5-7-9-31/h5-17,19-22,27,41H,4,18,23-26H2,1-3H3,(H,44,48)(H,45,49)(H,46,56)(H,47,52). The van der Waals surface area contributed by atoms with Crippen molar-refractivity contribution < 1.29 is 28.7 Å². The van der Waals surface area contributed by atoms with Gasteiger partial charge in [0.05, 0.1) is 38.1 Å². The van der Waals surface area contributed by atoms with Crippen LogP contribution in [0.25, 0.3) is 44.4 Å². The molecule has 0 spiro atoms. The van der Waals surface area contributed by atoms with E-state index >= 15 is 0 Å². The number of methoxy groups -OCH3 is 1. The van der Waals surface area contributed by atoms with Gasteiger partial charge in [-0.05, 0) is 52.9 Å². The van der Waals surface area contributed by atoms with Gasteiger partial charge in [-0.3, -0.25) is 19.2 Å². The maximum Gasteiger partial charge on any atom is 0.407 e. The minimum atomic E-state index is -0.942. The van der Waals surface area contributed by atoms with Gasteiger partial charge >= 0.3 is 6.09 Å². The molecule has 292 valence electrons. The van der Waals surface area contributed by atoms with Crippen LogP contribution in [-0.4, -0.2) is 86.6 Å². The molecule has 2 heterocycles. The molecule has 4 N–H and O–H groups in total. The summed E-state index contributed by atoms with van der Waals surface area (Å²) in [5, 5.41) is 7.10. The normalized spacial score (nSPS) is 11.4. The largest absolute Gasteiger partial charge is 0.453 e. The molecule has 14 nitrogen and oxygen atoms in total. The molecule has 0 aliphatic carbocycles. The molecule has 6 aromatic rings. The Labute approximate surface area is 329 Å². The summed E-state index contributed by atoms with van der Waals surface area (Å²) in [6, 6.07) is 28.4. The number of amides is 4. The Kier molecular flexibility index (Phi) is 12.8. The zero-order valence-corrected chi connectivity index (χ0v) is 32.0. The van der Waals surface area contributed by atoms with Gasteiger partial charge in [-0.25, -0.2) is 14.8 Å². The molecule has 4 amide bonds. The number of carbonyl (C=O) groups is 5. The Balaban J connectivity index is 1.12. The lowest BCUT2D eigenvalue weighted by Crippen LogP contribution is -2.42. The summed E-state index contributed by atoms with van der Waals surface area (Å²) in [6.45, 7) is 3.96. The summed E-state index contributed by atoms with van der Waals surface area (Å²) in [7, 11) is 1.25. The Bertz CT molecular complexity index is 2350. The van der Waals surface area contributed by atoms with Crippen LogP contribution in [0.3, 0.4) is 0 Å². The van der Waals surface area contributed by atoms with Crippen molar-refractivity contribution in [1.29, 1.82) is 0 Å². The van der Waals surface area contributed by atoms with Gasteiger partial charge in [0, 0.05) is 30.1 Å². The van der Waals surface area contributed by atoms with Gasteiger partial charge in [0.15, 0.2) is 0 Å². The van der Waals surface area contributed by atoms with Gasteiger partial charge in [0.25, 0.3) is 5.91 Å². The third-order valence-electron chi connectivity index (χ3n) is 9.35. The van der Waals surface area contributed by atoms with E-state index in [0.717, 1.165) is 45.1 Å². The first-order valence-electron chi connectivity index (χ1n) is 18.5. The number of ketones is 1. The number of alkyl carbamates (subject to hydrolysis) is 1. The summed E-state index contributed by atoms with van der Waals surface area (Å²) in [4.78, 5) is 80.1. The van der Waals surface area contributed by atoms with Crippen LogP contribution >= 0.6 is 0 Å². The number of nitrogens with one attached hydrogen (secondary N) is 4. The lowest BCUT2D eigenvalue weighted by atomic mass is 9.98. The second kappa shape index (κ2) is 18.5. The van der Waals surface area contributed by atoms with Crippen molar-refractivity contribution in [3.8, 4) is 33.6 Å². The number of nitrogens with zero attached hydrogens (tertiary/aromatic N) is 4. The molecule has 0 radical (unpaired) electrons. The molecule has 0 bridgehead atoms. The quantitative estimate of drug-likeness (QED) is 0.0842. The molecule has 1 atom stereocenters. The number of hydrogen-bond donors (Lipinski definition) is 4. The second-order valence-corrected chi connectivity index (χ2v) is 13.5. The number of rotatable bonds is 17. The van der Waals surface area contributed by atoms with Crippen LogP contribution in [0.1, 0.15) is 43.5 Å². The number of fused-ring (bicyclic) bond motifs is 1. The number of ether oxygens (including phenoxy) is 1. The van der Waals surface area contributed by atoms with E-state index in [9.17, 15) is 24.0 Å².